The van der Waals surface area contributed by atoms with Crippen LogP contribution in [0.1, 0.15) is 25.7 Å². The summed E-state index contributed by atoms with van der Waals surface area (Å²) >= 11 is 9.40. The van der Waals surface area contributed by atoms with E-state index in [-0.39, 0.29) is 16.1 Å². The molecule has 2 heterocycles. The summed E-state index contributed by atoms with van der Waals surface area (Å²) in [5.74, 6) is 0. The van der Waals surface area contributed by atoms with E-state index in [1.54, 1.807) is 11.4 Å². The SMILES string of the molecule is Cn1ncc(Cl)c1S(=O)(=O)N1CCCCCC1CBr. The van der Waals surface area contributed by atoms with Gasteiger partial charge in [-0.3, -0.25) is 4.68 Å². The van der Waals surface area contributed by atoms with Crippen molar-refractivity contribution in [2.24, 2.45) is 7.05 Å². The summed E-state index contributed by atoms with van der Waals surface area (Å²) < 4.78 is 28.4. The average molecular weight is 371 g/mol. The van der Waals surface area contributed by atoms with Crippen molar-refractivity contribution in [1.82, 2.24) is 14.1 Å². The molecule has 108 valence electrons. The van der Waals surface area contributed by atoms with Gasteiger partial charge in [0.25, 0.3) is 10.0 Å². The predicted octanol–water partition coefficient (Wildman–Crippen LogP) is 2.40. The van der Waals surface area contributed by atoms with Crippen LogP contribution < -0.4 is 0 Å². The van der Waals surface area contributed by atoms with Crippen molar-refractivity contribution < 1.29 is 8.42 Å². The fourth-order valence-electron chi connectivity index (χ4n) is 2.42. The minimum Gasteiger partial charge on any atom is -0.255 e. The second-order valence-corrected chi connectivity index (χ2v) is 7.56. The molecule has 0 N–H and O–H groups in total. The normalized spacial score (nSPS) is 22.4. The standard InChI is InChI=1S/C11H17BrClN3O2S/c1-15-11(10(13)8-14-15)19(17,18)16-6-4-2-3-5-9(16)7-12/h8-9H,2-7H2,1H3. The Kier molecular flexibility index (Phi) is 4.92. The number of sulfonamides is 1. The smallest absolute Gasteiger partial charge is 0.255 e. The lowest BCUT2D eigenvalue weighted by Crippen LogP contribution is -2.41. The molecule has 8 heteroatoms. The first-order chi connectivity index (χ1) is 8.98. The highest BCUT2D eigenvalue weighted by atomic mass is 79.9. The van der Waals surface area contributed by atoms with Crippen molar-refractivity contribution >= 4 is 37.6 Å². The number of halogens is 2. The Bertz CT molecular complexity index is 527. The molecule has 1 saturated heterocycles. The number of hydrogen-bond acceptors (Lipinski definition) is 3. The fraction of sp³-hybridized carbons (Fsp3) is 0.727. The molecule has 0 bridgehead atoms. The molecule has 1 aromatic rings. The van der Waals surface area contributed by atoms with E-state index in [0.717, 1.165) is 25.7 Å². The molecule has 1 unspecified atom stereocenters. The van der Waals surface area contributed by atoms with Gasteiger partial charge < -0.3 is 0 Å². The van der Waals surface area contributed by atoms with E-state index in [1.807, 2.05) is 0 Å². The van der Waals surface area contributed by atoms with Crippen LogP contribution in [-0.2, 0) is 17.1 Å². The van der Waals surface area contributed by atoms with Gasteiger partial charge in [-0.2, -0.15) is 9.40 Å². The second kappa shape index (κ2) is 6.11. The van der Waals surface area contributed by atoms with Crippen LogP contribution in [0.15, 0.2) is 11.2 Å². The van der Waals surface area contributed by atoms with Crippen molar-refractivity contribution in [1.29, 1.82) is 0 Å². The average Bonchev–Trinajstić information content (AvgIpc) is 2.59. The van der Waals surface area contributed by atoms with E-state index in [4.69, 9.17) is 11.6 Å². The van der Waals surface area contributed by atoms with Gasteiger partial charge in [0.15, 0.2) is 5.03 Å². The van der Waals surface area contributed by atoms with Gasteiger partial charge in [0.2, 0.25) is 0 Å². The number of hydrogen-bond donors (Lipinski definition) is 0. The summed E-state index contributed by atoms with van der Waals surface area (Å²) in [4.78, 5) is 0. The largest absolute Gasteiger partial charge is 0.262 e. The highest BCUT2D eigenvalue weighted by Gasteiger charge is 2.35. The van der Waals surface area contributed by atoms with E-state index in [2.05, 4.69) is 21.0 Å². The maximum Gasteiger partial charge on any atom is 0.262 e. The summed E-state index contributed by atoms with van der Waals surface area (Å²) in [6, 6.07) is -0.0153. The maximum absolute atomic E-state index is 12.8. The Morgan fingerprint density at radius 1 is 1.47 bits per heavy atom. The van der Waals surface area contributed by atoms with Gasteiger partial charge in [-0.15, -0.1) is 0 Å². The Balaban J connectivity index is 2.42. The van der Waals surface area contributed by atoms with Crippen LogP contribution in [0.2, 0.25) is 5.02 Å². The molecule has 19 heavy (non-hydrogen) atoms. The van der Waals surface area contributed by atoms with Crippen LogP contribution in [0.5, 0.6) is 0 Å². The zero-order chi connectivity index (χ0) is 14.0. The molecule has 0 radical (unpaired) electrons. The van der Waals surface area contributed by atoms with Gasteiger partial charge in [-0.25, -0.2) is 8.42 Å². The van der Waals surface area contributed by atoms with Gasteiger partial charge >= 0.3 is 0 Å². The Labute approximate surface area is 127 Å². The Morgan fingerprint density at radius 2 is 2.21 bits per heavy atom. The van der Waals surface area contributed by atoms with Crippen LogP contribution in [0, 0.1) is 0 Å². The van der Waals surface area contributed by atoms with Crippen LogP contribution >= 0.6 is 27.5 Å². The second-order valence-electron chi connectivity index (χ2n) is 4.69. The minimum absolute atomic E-state index is 0.0153. The minimum atomic E-state index is -3.59. The first kappa shape index (κ1) is 15.3. The molecule has 0 amide bonds. The van der Waals surface area contributed by atoms with Gasteiger partial charge in [0.05, 0.1) is 11.2 Å². The van der Waals surface area contributed by atoms with Crippen LogP contribution in [0.4, 0.5) is 0 Å². The van der Waals surface area contributed by atoms with E-state index in [1.165, 1.54) is 10.9 Å². The Morgan fingerprint density at radius 3 is 2.79 bits per heavy atom. The van der Waals surface area contributed by atoms with Crippen LogP contribution in [-0.4, -0.2) is 40.4 Å². The van der Waals surface area contributed by atoms with Gasteiger partial charge in [0.1, 0.15) is 0 Å². The molecule has 1 aliphatic heterocycles. The van der Waals surface area contributed by atoms with Crippen molar-refractivity contribution in [3.05, 3.63) is 11.2 Å². The molecule has 1 aromatic heterocycles. The molecule has 0 aromatic carbocycles. The number of nitrogens with zero attached hydrogens (tertiary/aromatic N) is 3. The predicted molar refractivity (Wildman–Crippen MR) is 78.2 cm³/mol. The molecule has 1 fully saturated rings. The van der Waals surface area contributed by atoms with Crippen molar-refractivity contribution in [2.45, 2.75) is 36.8 Å². The summed E-state index contributed by atoms with van der Waals surface area (Å²) in [6.07, 6.45) is 5.25. The van der Waals surface area contributed by atoms with Gasteiger partial charge in [-0.1, -0.05) is 40.4 Å². The lowest BCUT2D eigenvalue weighted by Gasteiger charge is -2.27. The third kappa shape index (κ3) is 2.99. The number of rotatable bonds is 3. The van der Waals surface area contributed by atoms with Crippen LogP contribution in [0.3, 0.4) is 0 Å². The first-order valence-corrected chi connectivity index (χ1v) is 9.17. The molecule has 1 aliphatic rings. The molecule has 5 nitrogen and oxygen atoms in total. The van der Waals surface area contributed by atoms with Crippen molar-refractivity contribution in [3.63, 3.8) is 0 Å². The monoisotopic (exact) mass is 369 g/mol. The molecular formula is C11H17BrClN3O2S. The Hall–Kier alpha value is -0.110. The number of aromatic nitrogens is 2. The quantitative estimate of drug-likeness (QED) is 0.768. The van der Waals surface area contributed by atoms with Gasteiger partial charge in [0, 0.05) is 25.0 Å². The molecule has 0 saturated carbocycles. The van der Waals surface area contributed by atoms with Crippen LogP contribution in [0.25, 0.3) is 0 Å². The topological polar surface area (TPSA) is 55.2 Å². The first-order valence-electron chi connectivity index (χ1n) is 6.23. The lowest BCUT2D eigenvalue weighted by molar-refractivity contribution is 0.344. The third-order valence-corrected chi connectivity index (χ3v) is 6.60. The zero-order valence-corrected chi connectivity index (χ0v) is 13.9. The summed E-state index contributed by atoms with van der Waals surface area (Å²) in [5, 5.41) is 4.83. The molecular weight excluding hydrogens is 354 g/mol. The summed E-state index contributed by atoms with van der Waals surface area (Å²) in [6.45, 7) is 0.542. The van der Waals surface area contributed by atoms with Crippen molar-refractivity contribution in [2.75, 3.05) is 11.9 Å². The summed E-state index contributed by atoms with van der Waals surface area (Å²) in [5.41, 5.74) is 0. The summed E-state index contributed by atoms with van der Waals surface area (Å²) in [7, 11) is -2.00. The highest BCUT2D eigenvalue weighted by Crippen LogP contribution is 2.29. The van der Waals surface area contributed by atoms with Crippen molar-refractivity contribution in [3.8, 4) is 0 Å². The van der Waals surface area contributed by atoms with Gasteiger partial charge in [-0.05, 0) is 12.8 Å². The molecule has 1 atom stereocenters. The van der Waals surface area contributed by atoms with E-state index in [9.17, 15) is 8.42 Å². The highest BCUT2D eigenvalue weighted by molar-refractivity contribution is 9.09. The fourth-order valence-corrected chi connectivity index (χ4v) is 5.59. The number of aryl methyl sites for hydroxylation is 1. The molecule has 2 rings (SSSR count). The third-order valence-electron chi connectivity index (χ3n) is 3.40. The lowest BCUT2D eigenvalue weighted by atomic mass is 10.1. The number of alkyl halides is 1. The zero-order valence-electron chi connectivity index (χ0n) is 10.7. The molecule has 0 aliphatic carbocycles. The molecule has 0 spiro atoms. The maximum atomic E-state index is 12.8. The van der Waals surface area contributed by atoms with E-state index < -0.39 is 10.0 Å². The van der Waals surface area contributed by atoms with E-state index in [0.29, 0.717) is 11.9 Å². The van der Waals surface area contributed by atoms with E-state index >= 15 is 0 Å².